The molecule has 2 unspecified atom stereocenters. The summed E-state index contributed by atoms with van der Waals surface area (Å²) in [7, 11) is 1.50. The Morgan fingerprint density at radius 2 is 2.06 bits per heavy atom. The Bertz CT molecular complexity index is 242. The first kappa shape index (κ1) is 15.9. The summed E-state index contributed by atoms with van der Waals surface area (Å²) in [5.41, 5.74) is 5.40. The molecule has 0 saturated carbocycles. The lowest BCUT2D eigenvalue weighted by atomic mass is 10.0. The molecular formula is C11H22N2O4. The molecule has 2 atom stereocenters. The normalized spacial score (nSPS) is 14.1. The minimum Gasteiger partial charge on any atom is -0.481 e. The Labute approximate surface area is 102 Å². The zero-order valence-electron chi connectivity index (χ0n) is 10.4. The number of amides is 1. The summed E-state index contributed by atoms with van der Waals surface area (Å²) in [6, 6.07) is 0. The molecule has 100 valence electrons. The van der Waals surface area contributed by atoms with Crippen LogP contribution in [0.3, 0.4) is 0 Å². The van der Waals surface area contributed by atoms with Gasteiger partial charge in [-0.1, -0.05) is 13.3 Å². The highest BCUT2D eigenvalue weighted by Gasteiger charge is 2.15. The van der Waals surface area contributed by atoms with Crippen molar-refractivity contribution in [3.05, 3.63) is 0 Å². The zero-order valence-corrected chi connectivity index (χ0v) is 10.4. The largest absolute Gasteiger partial charge is 0.481 e. The Morgan fingerprint density at radius 1 is 1.41 bits per heavy atom. The molecule has 17 heavy (non-hydrogen) atoms. The van der Waals surface area contributed by atoms with Crippen molar-refractivity contribution >= 4 is 11.9 Å². The van der Waals surface area contributed by atoms with E-state index in [1.165, 1.54) is 7.11 Å². The molecule has 0 spiro atoms. The van der Waals surface area contributed by atoms with E-state index in [9.17, 15) is 9.59 Å². The third-order valence-corrected chi connectivity index (χ3v) is 2.64. The third kappa shape index (κ3) is 7.70. The SMILES string of the molecule is CCC(CNC(=O)CC(CN)OC)CC(=O)O. The van der Waals surface area contributed by atoms with Crippen LogP contribution < -0.4 is 11.1 Å². The number of carbonyl (C=O) groups excluding carboxylic acids is 1. The van der Waals surface area contributed by atoms with E-state index in [1.807, 2.05) is 6.92 Å². The summed E-state index contributed by atoms with van der Waals surface area (Å²) in [6.45, 7) is 2.57. The monoisotopic (exact) mass is 246 g/mol. The predicted octanol–water partition coefficient (Wildman–Crippen LogP) is -0.0327. The molecule has 0 fully saturated rings. The van der Waals surface area contributed by atoms with Crippen LogP contribution in [0.4, 0.5) is 0 Å². The maximum Gasteiger partial charge on any atom is 0.303 e. The molecule has 0 aromatic rings. The molecule has 0 rings (SSSR count). The summed E-state index contributed by atoms with van der Waals surface area (Å²) in [5, 5.41) is 11.4. The summed E-state index contributed by atoms with van der Waals surface area (Å²) < 4.78 is 4.99. The van der Waals surface area contributed by atoms with Crippen LogP contribution in [-0.4, -0.2) is 43.3 Å². The first-order valence-corrected chi connectivity index (χ1v) is 5.74. The van der Waals surface area contributed by atoms with Crippen molar-refractivity contribution in [2.45, 2.75) is 32.3 Å². The number of carboxylic acids is 1. The summed E-state index contributed by atoms with van der Waals surface area (Å²) >= 11 is 0. The highest BCUT2D eigenvalue weighted by Crippen LogP contribution is 2.06. The molecule has 0 heterocycles. The number of hydrogen-bond donors (Lipinski definition) is 3. The van der Waals surface area contributed by atoms with Gasteiger partial charge in [0, 0.05) is 26.6 Å². The molecule has 0 radical (unpaired) electrons. The Kier molecular flexibility index (Phi) is 8.35. The van der Waals surface area contributed by atoms with Gasteiger partial charge in [-0.05, 0) is 5.92 Å². The van der Waals surface area contributed by atoms with Gasteiger partial charge in [0.25, 0.3) is 0 Å². The topological polar surface area (TPSA) is 102 Å². The van der Waals surface area contributed by atoms with Crippen LogP contribution in [0.1, 0.15) is 26.2 Å². The van der Waals surface area contributed by atoms with Gasteiger partial charge in [-0.25, -0.2) is 0 Å². The molecule has 1 amide bonds. The fraction of sp³-hybridized carbons (Fsp3) is 0.818. The van der Waals surface area contributed by atoms with Crippen molar-refractivity contribution in [2.24, 2.45) is 11.7 Å². The fourth-order valence-electron chi connectivity index (χ4n) is 1.41. The van der Waals surface area contributed by atoms with Gasteiger partial charge in [0.1, 0.15) is 0 Å². The summed E-state index contributed by atoms with van der Waals surface area (Å²) in [5.74, 6) is -1.04. The lowest BCUT2D eigenvalue weighted by Gasteiger charge is -2.16. The van der Waals surface area contributed by atoms with Crippen LogP contribution >= 0.6 is 0 Å². The van der Waals surface area contributed by atoms with Crippen molar-refractivity contribution in [3.63, 3.8) is 0 Å². The lowest BCUT2D eigenvalue weighted by Crippen LogP contribution is -2.35. The predicted molar refractivity (Wildman–Crippen MR) is 63.5 cm³/mol. The van der Waals surface area contributed by atoms with Gasteiger partial charge in [0.15, 0.2) is 0 Å². The van der Waals surface area contributed by atoms with Crippen molar-refractivity contribution in [1.82, 2.24) is 5.32 Å². The summed E-state index contributed by atoms with van der Waals surface area (Å²) in [4.78, 5) is 22.0. The number of nitrogens with one attached hydrogen (secondary N) is 1. The van der Waals surface area contributed by atoms with Crippen molar-refractivity contribution in [1.29, 1.82) is 0 Å². The molecule has 6 heteroatoms. The molecule has 4 N–H and O–H groups in total. The van der Waals surface area contributed by atoms with Gasteiger partial charge in [-0.2, -0.15) is 0 Å². The van der Waals surface area contributed by atoms with Crippen LogP contribution in [0.25, 0.3) is 0 Å². The number of carboxylic acid groups (broad SMARTS) is 1. The number of carbonyl (C=O) groups is 2. The highest BCUT2D eigenvalue weighted by atomic mass is 16.5. The Hall–Kier alpha value is -1.14. The molecule has 0 aliphatic carbocycles. The average Bonchev–Trinajstić information content (AvgIpc) is 2.30. The number of methoxy groups -OCH3 is 1. The van der Waals surface area contributed by atoms with Crippen LogP contribution in [0.15, 0.2) is 0 Å². The zero-order chi connectivity index (χ0) is 13.3. The molecule has 0 aromatic carbocycles. The van der Waals surface area contributed by atoms with Gasteiger partial charge in [0.05, 0.1) is 12.5 Å². The smallest absolute Gasteiger partial charge is 0.303 e. The fourth-order valence-corrected chi connectivity index (χ4v) is 1.41. The maximum atomic E-state index is 11.5. The number of hydrogen-bond acceptors (Lipinski definition) is 4. The number of aliphatic carboxylic acids is 1. The standard InChI is InChI=1S/C11H22N2O4/c1-3-8(4-11(15)16)7-13-10(14)5-9(6-12)17-2/h8-9H,3-7,12H2,1-2H3,(H,13,14)(H,15,16). The molecule has 0 aliphatic heterocycles. The van der Waals surface area contributed by atoms with Crippen LogP contribution in [0.2, 0.25) is 0 Å². The Balaban J connectivity index is 3.91. The third-order valence-electron chi connectivity index (χ3n) is 2.64. The molecule has 0 saturated heterocycles. The van der Waals surface area contributed by atoms with E-state index in [1.54, 1.807) is 0 Å². The highest BCUT2D eigenvalue weighted by molar-refractivity contribution is 5.76. The van der Waals surface area contributed by atoms with E-state index in [-0.39, 0.29) is 37.3 Å². The quantitative estimate of drug-likeness (QED) is 0.530. The molecule has 0 aromatic heterocycles. The van der Waals surface area contributed by atoms with E-state index in [0.717, 1.165) is 6.42 Å². The van der Waals surface area contributed by atoms with Crippen molar-refractivity contribution < 1.29 is 19.4 Å². The van der Waals surface area contributed by atoms with Gasteiger partial charge in [-0.15, -0.1) is 0 Å². The second-order valence-electron chi connectivity index (χ2n) is 3.97. The van der Waals surface area contributed by atoms with Crippen molar-refractivity contribution in [3.8, 4) is 0 Å². The lowest BCUT2D eigenvalue weighted by molar-refractivity contribution is -0.138. The van der Waals surface area contributed by atoms with E-state index in [4.69, 9.17) is 15.6 Å². The number of nitrogens with two attached hydrogens (primary N) is 1. The first-order valence-electron chi connectivity index (χ1n) is 5.74. The minimum atomic E-state index is -0.845. The average molecular weight is 246 g/mol. The molecule has 0 bridgehead atoms. The molecule has 0 aliphatic rings. The van der Waals surface area contributed by atoms with E-state index < -0.39 is 5.97 Å². The second-order valence-corrected chi connectivity index (χ2v) is 3.97. The minimum absolute atomic E-state index is 0.0321. The molecule has 6 nitrogen and oxygen atoms in total. The second kappa shape index (κ2) is 8.95. The van der Waals surface area contributed by atoms with Crippen molar-refractivity contribution in [2.75, 3.05) is 20.2 Å². The van der Waals surface area contributed by atoms with Crippen LogP contribution in [0, 0.1) is 5.92 Å². The van der Waals surface area contributed by atoms with Crippen LogP contribution in [-0.2, 0) is 14.3 Å². The number of ether oxygens (including phenoxy) is 1. The van der Waals surface area contributed by atoms with Gasteiger partial charge in [0.2, 0.25) is 5.91 Å². The van der Waals surface area contributed by atoms with E-state index in [2.05, 4.69) is 5.32 Å². The number of rotatable bonds is 9. The van der Waals surface area contributed by atoms with Gasteiger partial charge in [-0.3, -0.25) is 9.59 Å². The van der Waals surface area contributed by atoms with Gasteiger partial charge < -0.3 is 20.9 Å². The molecular weight excluding hydrogens is 224 g/mol. The first-order chi connectivity index (χ1) is 8.03. The van der Waals surface area contributed by atoms with E-state index in [0.29, 0.717) is 6.54 Å². The van der Waals surface area contributed by atoms with Crippen LogP contribution in [0.5, 0.6) is 0 Å². The summed E-state index contributed by atoms with van der Waals surface area (Å²) in [6.07, 6.45) is 0.712. The van der Waals surface area contributed by atoms with Gasteiger partial charge >= 0.3 is 5.97 Å². The van der Waals surface area contributed by atoms with E-state index >= 15 is 0 Å². The maximum absolute atomic E-state index is 11.5. The Morgan fingerprint density at radius 3 is 2.47 bits per heavy atom.